The molecule has 3 aromatic carbocycles. The first kappa shape index (κ1) is 41.3. The number of halogens is 2. The van der Waals surface area contributed by atoms with Crippen LogP contribution in [-0.2, 0) is 21.4 Å². The van der Waals surface area contributed by atoms with Gasteiger partial charge in [0.15, 0.2) is 0 Å². The van der Waals surface area contributed by atoms with Crippen molar-refractivity contribution in [1.82, 2.24) is 24.1 Å². The Bertz CT molecular complexity index is 2310. The van der Waals surface area contributed by atoms with Crippen LogP contribution in [0.2, 0.25) is 35.7 Å². The van der Waals surface area contributed by atoms with Crippen LogP contribution in [0.3, 0.4) is 0 Å². The van der Waals surface area contributed by atoms with Crippen LogP contribution in [-0.4, -0.2) is 64.7 Å². The number of hydrogen-bond donors (Lipinski definition) is 1. The van der Waals surface area contributed by atoms with Gasteiger partial charge >= 0.3 is 10.2 Å². The van der Waals surface area contributed by atoms with Crippen LogP contribution in [0.15, 0.2) is 102 Å². The molecule has 0 unspecified atom stereocenters. The standard InChI is InChI=1S/C42H48Cl2N6O4S2Si/c1-57(2,3)23-21-54-29-50-42(51)28-49(56(50,52)53)35-11-7-10-34(26-35)48-27-39(36-17-16-33(43)25-37(36)44)45-40(48)24-31-12-14-32(15-13-31)38-18-19-41(47-46-38)55-22-20-30-8-5-4-6-9-30/h7,10-19,25-28,30,51H,4-6,8-9,20-24,29H2,1-3H3. The van der Waals surface area contributed by atoms with Gasteiger partial charge in [-0.05, 0) is 78.2 Å². The number of aliphatic hydroxyl groups excluding tert-OH is 1. The third-order valence-corrected chi connectivity index (χ3v) is 15.2. The molecule has 2 aliphatic rings. The van der Waals surface area contributed by atoms with E-state index in [-0.39, 0.29) is 6.73 Å². The fourth-order valence-electron chi connectivity index (χ4n) is 7.03. The van der Waals surface area contributed by atoms with Gasteiger partial charge in [-0.15, -0.1) is 22.0 Å². The minimum Gasteiger partial charge on any atom is -0.493 e. The second-order valence-corrected chi connectivity index (χ2v) is 25.1. The van der Waals surface area contributed by atoms with Gasteiger partial charge in [-0.1, -0.05) is 105 Å². The van der Waals surface area contributed by atoms with E-state index in [1.165, 1.54) is 44.7 Å². The lowest BCUT2D eigenvalue weighted by atomic mass is 9.88. The summed E-state index contributed by atoms with van der Waals surface area (Å²) in [6, 6.07) is 25.5. The molecule has 0 saturated heterocycles. The number of aliphatic hydroxyl groups is 1. The highest BCUT2D eigenvalue weighted by Gasteiger charge is 2.38. The van der Waals surface area contributed by atoms with Gasteiger partial charge in [0.1, 0.15) is 17.6 Å². The predicted octanol–water partition coefficient (Wildman–Crippen LogP) is 11.0. The van der Waals surface area contributed by atoms with Crippen LogP contribution in [0, 0.1) is 5.92 Å². The molecule has 1 aliphatic carbocycles. The maximum absolute atomic E-state index is 13.7. The number of nitrogens with zero attached hydrogens (tertiary/aromatic N) is 6. The zero-order chi connectivity index (χ0) is 40.2. The molecule has 0 amide bonds. The minimum atomic E-state index is -4.14. The van der Waals surface area contributed by atoms with Crippen LogP contribution in [0.5, 0.6) is 0 Å². The van der Waals surface area contributed by atoms with E-state index in [9.17, 15) is 13.5 Å². The summed E-state index contributed by atoms with van der Waals surface area (Å²) in [5, 5.41) is 21.7. The largest absolute Gasteiger partial charge is 0.493 e. The van der Waals surface area contributed by atoms with Gasteiger partial charge in [0.2, 0.25) is 5.88 Å². The molecule has 1 N–H and O–H groups in total. The molecule has 2 aromatic heterocycles. The van der Waals surface area contributed by atoms with Crippen molar-refractivity contribution in [3.05, 3.63) is 119 Å². The number of aromatic nitrogens is 4. The summed E-state index contributed by atoms with van der Waals surface area (Å²) in [7, 11) is -5.52. The van der Waals surface area contributed by atoms with Crippen molar-refractivity contribution in [2.24, 2.45) is 5.92 Å². The molecule has 0 radical (unpaired) electrons. The third kappa shape index (κ3) is 10.2. The highest BCUT2D eigenvalue weighted by molar-refractivity contribution is 7.99. The van der Waals surface area contributed by atoms with Crippen LogP contribution >= 0.6 is 35.0 Å². The Labute approximate surface area is 351 Å². The smallest absolute Gasteiger partial charge is 0.334 e. The third-order valence-electron chi connectivity index (χ3n) is 10.3. The first-order valence-electron chi connectivity index (χ1n) is 19.3. The fraction of sp³-hybridized carbons (Fsp3) is 0.357. The molecule has 0 spiro atoms. The second kappa shape index (κ2) is 18.0. The maximum atomic E-state index is 13.7. The van der Waals surface area contributed by atoms with Gasteiger partial charge in [0.05, 0.1) is 28.3 Å². The number of ether oxygens (including phenoxy) is 1. The molecule has 10 nitrogen and oxygen atoms in total. The first-order chi connectivity index (χ1) is 27.3. The summed E-state index contributed by atoms with van der Waals surface area (Å²) in [6.07, 6.45) is 11.6. The Morgan fingerprint density at radius 3 is 2.40 bits per heavy atom. The number of thioether (sulfide) groups is 1. The average Bonchev–Trinajstić information content (AvgIpc) is 3.70. The first-order valence-corrected chi connectivity index (χ1v) is 26.2. The van der Waals surface area contributed by atoms with Crippen LogP contribution in [0.25, 0.3) is 28.2 Å². The molecule has 1 aliphatic heterocycles. The lowest BCUT2D eigenvalue weighted by Crippen LogP contribution is -2.36. The SMILES string of the molecule is C[Si](C)(C)CCOCN1C(O)=CN(c2cccc(-n3cc(-c4ccc(Cl)cc4Cl)nc3Cc3ccc(-c4ccc(SCCC5CCCCC5)nn4)cc3)c2)S1(=O)=O. The van der Waals surface area contributed by atoms with E-state index < -0.39 is 24.2 Å². The van der Waals surface area contributed by atoms with Crippen molar-refractivity contribution in [3.8, 4) is 28.2 Å². The number of imidazole rings is 1. The molecule has 1 fully saturated rings. The Kier molecular flexibility index (Phi) is 13.0. The van der Waals surface area contributed by atoms with Gasteiger partial charge < -0.3 is 14.4 Å². The molecule has 1 saturated carbocycles. The molecule has 0 bridgehead atoms. The zero-order valence-electron chi connectivity index (χ0n) is 32.4. The molecular weight excluding hydrogens is 816 g/mol. The Morgan fingerprint density at radius 2 is 1.68 bits per heavy atom. The van der Waals surface area contributed by atoms with E-state index in [2.05, 4.69) is 48.0 Å². The zero-order valence-corrected chi connectivity index (χ0v) is 36.6. The van der Waals surface area contributed by atoms with Gasteiger partial charge in [-0.25, -0.2) is 9.29 Å². The van der Waals surface area contributed by atoms with E-state index in [1.54, 1.807) is 42.1 Å². The fourth-order valence-corrected chi connectivity index (χ4v) is 10.5. The number of anilines is 1. The van der Waals surface area contributed by atoms with Gasteiger partial charge in [-0.2, -0.15) is 12.7 Å². The number of benzene rings is 3. The Hall–Kier alpha value is -3.85. The topological polar surface area (TPSA) is 114 Å². The summed E-state index contributed by atoms with van der Waals surface area (Å²) in [4.78, 5) is 5.03. The molecule has 15 heteroatoms. The van der Waals surface area contributed by atoms with Crippen molar-refractivity contribution in [1.29, 1.82) is 0 Å². The molecule has 57 heavy (non-hydrogen) atoms. The van der Waals surface area contributed by atoms with Crippen molar-refractivity contribution < 1.29 is 18.3 Å². The Balaban J connectivity index is 1.10. The summed E-state index contributed by atoms with van der Waals surface area (Å²) >= 11 is 14.7. The quantitative estimate of drug-likeness (QED) is 0.0629. The van der Waals surface area contributed by atoms with Crippen molar-refractivity contribution >= 4 is 58.9 Å². The summed E-state index contributed by atoms with van der Waals surface area (Å²) in [5.41, 5.74) is 5.14. The highest BCUT2D eigenvalue weighted by Crippen LogP contribution is 2.35. The van der Waals surface area contributed by atoms with E-state index in [0.717, 1.165) is 48.2 Å². The van der Waals surface area contributed by atoms with E-state index in [1.807, 2.05) is 41.1 Å². The van der Waals surface area contributed by atoms with Crippen molar-refractivity contribution in [3.63, 3.8) is 0 Å². The number of rotatable bonds is 15. The molecule has 300 valence electrons. The Morgan fingerprint density at radius 1 is 0.912 bits per heavy atom. The summed E-state index contributed by atoms with van der Waals surface area (Å²) < 4.78 is 36.9. The molecule has 7 rings (SSSR count). The second-order valence-electron chi connectivity index (χ2n) is 15.8. The molecule has 5 aromatic rings. The highest BCUT2D eigenvalue weighted by atomic mass is 35.5. The molecule has 0 atom stereocenters. The normalized spacial score (nSPS) is 16.0. The van der Waals surface area contributed by atoms with Crippen LogP contribution < -0.4 is 4.31 Å². The maximum Gasteiger partial charge on any atom is 0.334 e. The van der Waals surface area contributed by atoms with E-state index in [4.69, 9.17) is 32.9 Å². The molecule has 3 heterocycles. The van der Waals surface area contributed by atoms with Gasteiger partial charge in [0, 0.05) is 49.1 Å². The lowest BCUT2D eigenvalue weighted by Gasteiger charge is -2.23. The average molecular weight is 864 g/mol. The van der Waals surface area contributed by atoms with E-state index >= 15 is 0 Å². The van der Waals surface area contributed by atoms with Gasteiger partial charge in [-0.3, -0.25) is 0 Å². The predicted molar refractivity (Wildman–Crippen MR) is 234 cm³/mol. The summed E-state index contributed by atoms with van der Waals surface area (Å²) in [5.74, 6) is 2.22. The van der Waals surface area contributed by atoms with Gasteiger partial charge in [0.25, 0.3) is 0 Å². The van der Waals surface area contributed by atoms with E-state index in [0.29, 0.717) is 51.5 Å². The monoisotopic (exact) mass is 862 g/mol. The van der Waals surface area contributed by atoms with Crippen LogP contribution in [0.4, 0.5) is 5.69 Å². The lowest BCUT2D eigenvalue weighted by molar-refractivity contribution is 0.0747. The van der Waals surface area contributed by atoms with Crippen molar-refractivity contribution in [2.45, 2.75) is 75.7 Å². The van der Waals surface area contributed by atoms with Crippen LogP contribution in [0.1, 0.15) is 49.9 Å². The van der Waals surface area contributed by atoms with Crippen molar-refractivity contribution in [2.75, 3.05) is 23.4 Å². The summed E-state index contributed by atoms with van der Waals surface area (Å²) in [6.45, 7) is 6.79. The minimum absolute atomic E-state index is 0.279. The number of hydrogen-bond acceptors (Lipinski definition) is 8. The molecular formula is C42H48Cl2N6O4S2Si.